The molecule has 0 saturated heterocycles. The molecule has 5 rings (SSSR count). The molecule has 0 spiro atoms. The number of hydrogen-bond donors (Lipinski definition) is 2. The number of rotatable bonds is 4. The van der Waals surface area contributed by atoms with Gasteiger partial charge in [0, 0.05) is 55.9 Å². The number of para-hydroxylation sites is 1. The van der Waals surface area contributed by atoms with Crippen LogP contribution in [0.1, 0.15) is 40.5 Å². The van der Waals surface area contributed by atoms with E-state index < -0.39 is 0 Å². The molecule has 0 unspecified atom stereocenters. The Bertz CT molecular complexity index is 1330. The minimum Gasteiger partial charge on any atom is -0.385 e. The van der Waals surface area contributed by atoms with Gasteiger partial charge in [-0.15, -0.1) is 0 Å². The van der Waals surface area contributed by atoms with E-state index in [1.54, 1.807) is 6.07 Å². The molecule has 1 aliphatic rings. The highest BCUT2D eigenvalue weighted by Crippen LogP contribution is 2.27. The predicted molar refractivity (Wildman–Crippen MR) is 144 cm³/mol. The summed E-state index contributed by atoms with van der Waals surface area (Å²) in [6, 6.07) is 23.4. The van der Waals surface area contributed by atoms with Gasteiger partial charge in [-0.25, -0.2) is 4.39 Å². The summed E-state index contributed by atoms with van der Waals surface area (Å²) in [6.45, 7) is 6.57. The fourth-order valence-electron chi connectivity index (χ4n) is 5.12. The van der Waals surface area contributed by atoms with E-state index >= 15 is 0 Å². The normalized spacial score (nSPS) is 15.2. The van der Waals surface area contributed by atoms with Gasteiger partial charge in [0.15, 0.2) is 0 Å². The molecule has 6 heteroatoms. The summed E-state index contributed by atoms with van der Waals surface area (Å²) in [5.74, 6) is -0.334. The molecule has 0 bridgehead atoms. The highest BCUT2D eigenvalue weighted by atomic mass is 19.1. The summed E-state index contributed by atoms with van der Waals surface area (Å²) in [5, 5.41) is 4.36. The number of H-pyrrole nitrogens is 1. The molecule has 186 valence electrons. The highest BCUT2D eigenvalue weighted by molar-refractivity contribution is 6.01. The maximum Gasteiger partial charge on any atom is 0.270 e. The number of benzene rings is 3. The van der Waals surface area contributed by atoms with E-state index in [0.29, 0.717) is 25.2 Å². The highest BCUT2D eigenvalue weighted by Gasteiger charge is 2.24. The van der Waals surface area contributed by atoms with Crippen LogP contribution in [-0.2, 0) is 19.5 Å². The van der Waals surface area contributed by atoms with Crippen LogP contribution in [0.25, 0.3) is 10.9 Å². The lowest BCUT2D eigenvalue weighted by Gasteiger charge is -2.28. The van der Waals surface area contributed by atoms with Crippen LogP contribution in [0.15, 0.2) is 72.8 Å². The molecule has 1 aromatic heterocycles. The van der Waals surface area contributed by atoms with Crippen molar-refractivity contribution in [1.29, 1.82) is 0 Å². The summed E-state index contributed by atoms with van der Waals surface area (Å²) in [4.78, 5) is 21.7. The zero-order valence-electron chi connectivity index (χ0n) is 20.8. The van der Waals surface area contributed by atoms with Crippen molar-refractivity contribution in [2.24, 2.45) is 0 Å². The fourth-order valence-corrected chi connectivity index (χ4v) is 5.12. The molecule has 2 N–H and O–H groups in total. The number of carbonyl (C=O) groups excluding carboxylic acids is 1. The van der Waals surface area contributed by atoms with E-state index in [-0.39, 0.29) is 11.7 Å². The van der Waals surface area contributed by atoms with Crippen molar-refractivity contribution < 1.29 is 9.18 Å². The zero-order valence-corrected chi connectivity index (χ0v) is 20.8. The van der Waals surface area contributed by atoms with Gasteiger partial charge in [0.05, 0.1) is 0 Å². The van der Waals surface area contributed by atoms with Crippen LogP contribution >= 0.6 is 0 Å². The van der Waals surface area contributed by atoms with Crippen LogP contribution in [0.2, 0.25) is 0 Å². The molecule has 0 aliphatic carbocycles. The van der Waals surface area contributed by atoms with Crippen molar-refractivity contribution in [2.75, 3.05) is 31.5 Å². The summed E-state index contributed by atoms with van der Waals surface area (Å²) >= 11 is 0. The minimum absolute atomic E-state index is 0.0443. The molecule has 5 nitrogen and oxygen atoms in total. The molecule has 0 atom stereocenters. The summed E-state index contributed by atoms with van der Waals surface area (Å²) in [5.41, 5.74) is 5.67. The molecular formula is C30H33FN4O. The van der Waals surface area contributed by atoms with Crippen molar-refractivity contribution in [2.45, 2.75) is 32.9 Å². The topological polar surface area (TPSA) is 51.4 Å². The lowest BCUT2D eigenvalue weighted by atomic mass is 10.1. The van der Waals surface area contributed by atoms with Crippen LogP contribution in [0.4, 0.5) is 10.1 Å². The summed E-state index contributed by atoms with van der Waals surface area (Å²) < 4.78 is 14.0. The van der Waals surface area contributed by atoms with Crippen molar-refractivity contribution in [3.8, 4) is 0 Å². The predicted octanol–water partition coefficient (Wildman–Crippen LogP) is 5.83. The third kappa shape index (κ3) is 5.29. The van der Waals surface area contributed by atoms with Gasteiger partial charge in [-0.05, 0) is 53.8 Å². The van der Waals surface area contributed by atoms with E-state index in [4.69, 9.17) is 0 Å². The Labute approximate surface area is 211 Å². The second kappa shape index (κ2) is 11.0. The van der Waals surface area contributed by atoms with E-state index in [2.05, 4.69) is 51.6 Å². The van der Waals surface area contributed by atoms with Crippen LogP contribution in [-0.4, -0.2) is 46.9 Å². The largest absolute Gasteiger partial charge is 0.385 e. The Morgan fingerprint density at radius 2 is 1.78 bits per heavy atom. The van der Waals surface area contributed by atoms with Gasteiger partial charge < -0.3 is 15.2 Å². The van der Waals surface area contributed by atoms with Crippen LogP contribution in [0.3, 0.4) is 0 Å². The molecule has 36 heavy (non-hydrogen) atoms. The number of aryl methyl sites for hydroxylation is 1. The molecule has 1 amide bonds. The lowest BCUT2D eigenvalue weighted by molar-refractivity contribution is 0.0714. The van der Waals surface area contributed by atoms with E-state index in [9.17, 15) is 9.18 Å². The average molecular weight is 485 g/mol. The minimum atomic E-state index is -0.290. The monoisotopic (exact) mass is 484 g/mol. The Hall–Kier alpha value is -3.64. The van der Waals surface area contributed by atoms with E-state index in [0.717, 1.165) is 60.3 Å². The summed E-state index contributed by atoms with van der Waals surface area (Å²) in [7, 11) is 0. The molecule has 4 aromatic rings. The third-order valence-electron chi connectivity index (χ3n) is 7.00. The van der Waals surface area contributed by atoms with Gasteiger partial charge in [-0.3, -0.25) is 9.69 Å². The average Bonchev–Trinajstić information content (AvgIpc) is 3.25. The standard InChI is InChI=1S/C30H33FN4O/c1-2-25-26-19-24(31)13-14-28(26)33-29(25)30(36)35-18-17-34(20-22-9-4-3-5-10-22)16-8-15-32-27-12-7-6-11-23(27)21-35/h3-7,9-14,19,32-33H,2,8,15-18,20-21H2,1H3. The number of nitrogens with one attached hydrogen (secondary N) is 2. The van der Waals surface area contributed by atoms with Crippen molar-refractivity contribution >= 4 is 22.5 Å². The number of amides is 1. The number of halogens is 1. The molecule has 0 saturated carbocycles. The second-order valence-corrected chi connectivity index (χ2v) is 9.45. The van der Waals surface area contributed by atoms with Gasteiger partial charge in [0.2, 0.25) is 0 Å². The van der Waals surface area contributed by atoms with E-state index in [1.807, 2.05) is 30.0 Å². The van der Waals surface area contributed by atoms with Crippen LogP contribution in [0, 0.1) is 5.82 Å². The Balaban J connectivity index is 1.47. The lowest BCUT2D eigenvalue weighted by Crippen LogP contribution is -2.39. The van der Waals surface area contributed by atoms with Gasteiger partial charge in [0.25, 0.3) is 5.91 Å². The number of nitrogens with zero attached hydrogens (tertiary/aromatic N) is 2. The van der Waals surface area contributed by atoms with Gasteiger partial charge in [0.1, 0.15) is 11.5 Å². The maximum absolute atomic E-state index is 14.0. The smallest absolute Gasteiger partial charge is 0.270 e. The molecule has 0 fully saturated rings. The van der Waals surface area contributed by atoms with Gasteiger partial charge in [-0.2, -0.15) is 0 Å². The van der Waals surface area contributed by atoms with Crippen molar-refractivity contribution in [1.82, 2.24) is 14.8 Å². The second-order valence-electron chi connectivity index (χ2n) is 9.45. The maximum atomic E-state index is 14.0. The van der Waals surface area contributed by atoms with Crippen LogP contribution in [0.5, 0.6) is 0 Å². The fraction of sp³-hybridized carbons (Fsp3) is 0.300. The quantitative estimate of drug-likeness (QED) is 0.383. The first-order chi connectivity index (χ1) is 17.6. The van der Waals surface area contributed by atoms with Gasteiger partial charge >= 0.3 is 0 Å². The number of aromatic amines is 1. The number of fused-ring (bicyclic) bond motifs is 2. The Morgan fingerprint density at radius 1 is 0.972 bits per heavy atom. The number of hydrogen-bond acceptors (Lipinski definition) is 3. The molecular weight excluding hydrogens is 451 g/mol. The van der Waals surface area contributed by atoms with E-state index in [1.165, 1.54) is 17.7 Å². The van der Waals surface area contributed by atoms with Crippen molar-refractivity contribution in [3.63, 3.8) is 0 Å². The zero-order chi connectivity index (χ0) is 24.9. The third-order valence-corrected chi connectivity index (χ3v) is 7.00. The summed E-state index contributed by atoms with van der Waals surface area (Å²) in [6.07, 6.45) is 1.67. The number of carbonyl (C=O) groups is 1. The molecule has 1 aliphatic heterocycles. The molecule has 0 radical (unpaired) electrons. The first kappa shape index (κ1) is 24.1. The van der Waals surface area contributed by atoms with Crippen LogP contribution < -0.4 is 5.32 Å². The van der Waals surface area contributed by atoms with Crippen molar-refractivity contribution in [3.05, 3.63) is 101 Å². The Kier molecular flexibility index (Phi) is 7.33. The molecule has 3 aromatic carbocycles. The van der Waals surface area contributed by atoms with Gasteiger partial charge in [-0.1, -0.05) is 55.5 Å². The molecule has 2 heterocycles. The first-order valence-electron chi connectivity index (χ1n) is 12.8. The SMILES string of the molecule is CCc1c(C(=O)N2CCN(Cc3ccccc3)CCCNc3ccccc3C2)[nH]c2ccc(F)cc12. The number of aromatic nitrogens is 1. The first-order valence-corrected chi connectivity index (χ1v) is 12.8. The number of anilines is 1. The Morgan fingerprint density at radius 3 is 2.61 bits per heavy atom.